The van der Waals surface area contributed by atoms with E-state index >= 15 is 0 Å². The third-order valence-corrected chi connectivity index (χ3v) is 4.20. The van der Waals surface area contributed by atoms with Crippen molar-refractivity contribution in [3.05, 3.63) is 35.4 Å². The van der Waals surface area contributed by atoms with Gasteiger partial charge >= 0.3 is 0 Å². The number of aryl methyl sites for hydroxylation is 1. The molecule has 1 aromatic carbocycles. The number of sulfonamides is 1. The normalized spacial score (nSPS) is 16.9. The van der Waals surface area contributed by atoms with E-state index in [9.17, 15) is 13.2 Å². The fourth-order valence-corrected chi connectivity index (χ4v) is 2.58. The highest BCUT2D eigenvalue weighted by Gasteiger charge is 2.51. The summed E-state index contributed by atoms with van der Waals surface area (Å²) in [6.45, 7) is 2.05. The fourth-order valence-electron chi connectivity index (χ4n) is 2.19. The van der Waals surface area contributed by atoms with E-state index in [1.54, 1.807) is 0 Å². The number of carbonyl (C=O) groups excluding carboxylic acids is 1. The summed E-state index contributed by atoms with van der Waals surface area (Å²) in [7, 11) is -3.53. The predicted molar refractivity (Wildman–Crippen MR) is 73.1 cm³/mol. The first kappa shape index (κ1) is 14.0. The number of primary sulfonamides is 1. The van der Waals surface area contributed by atoms with Crippen LogP contribution in [0.4, 0.5) is 0 Å². The van der Waals surface area contributed by atoms with Gasteiger partial charge in [0.25, 0.3) is 0 Å². The van der Waals surface area contributed by atoms with Gasteiger partial charge in [-0.05, 0) is 25.3 Å². The van der Waals surface area contributed by atoms with Gasteiger partial charge in [0.05, 0.1) is 11.2 Å². The van der Waals surface area contributed by atoms with Crippen LogP contribution >= 0.6 is 0 Å². The second-order valence-corrected chi connectivity index (χ2v) is 6.81. The van der Waals surface area contributed by atoms with Gasteiger partial charge in [-0.15, -0.1) is 0 Å². The maximum atomic E-state index is 12.2. The Labute approximate surface area is 113 Å². The average Bonchev–Trinajstić information content (AvgIpc) is 3.08. The lowest BCUT2D eigenvalue weighted by Gasteiger charge is -2.16. The van der Waals surface area contributed by atoms with Crippen molar-refractivity contribution in [2.24, 2.45) is 5.14 Å². The Morgan fingerprint density at radius 1 is 1.42 bits per heavy atom. The van der Waals surface area contributed by atoms with E-state index in [4.69, 9.17) is 5.14 Å². The van der Waals surface area contributed by atoms with Gasteiger partial charge in [0.1, 0.15) is 0 Å². The maximum absolute atomic E-state index is 12.2. The standard InChI is InChI=1S/C13H18N2O3S/c1-10-3-2-4-11(9-10)13(5-6-13)12(16)15-7-8-19(14,17)18/h2-4,9H,5-8H2,1H3,(H,15,16)(H2,14,17,18). The summed E-state index contributed by atoms with van der Waals surface area (Å²) in [5, 5.41) is 7.56. The number of hydrogen-bond acceptors (Lipinski definition) is 3. The predicted octanol–water partition coefficient (Wildman–Crippen LogP) is 0.431. The Hall–Kier alpha value is -1.40. The van der Waals surface area contributed by atoms with E-state index < -0.39 is 15.4 Å². The smallest absolute Gasteiger partial charge is 0.230 e. The average molecular weight is 282 g/mol. The minimum atomic E-state index is -3.53. The lowest BCUT2D eigenvalue weighted by molar-refractivity contribution is -0.123. The molecule has 104 valence electrons. The number of amides is 1. The van der Waals surface area contributed by atoms with Gasteiger partial charge in [-0.1, -0.05) is 29.8 Å². The molecule has 1 amide bonds. The fraction of sp³-hybridized carbons (Fsp3) is 0.462. The van der Waals surface area contributed by atoms with Crippen molar-refractivity contribution in [3.63, 3.8) is 0 Å². The van der Waals surface area contributed by atoms with Crippen LogP contribution in [0.5, 0.6) is 0 Å². The molecule has 1 fully saturated rings. The Morgan fingerprint density at radius 3 is 2.63 bits per heavy atom. The monoisotopic (exact) mass is 282 g/mol. The Balaban J connectivity index is 2.03. The molecule has 0 bridgehead atoms. The molecule has 1 saturated carbocycles. The molecule has 0 unspecified atom stereocenters. The molecule has 0 radical (unpaired) electrons. The molecule has 19 heavy (non-hydrogen) atoms. The van der Waals surface area contributed by atoms with Gasteiger partial charge in [0.15, 0.2) is 0 Å². The first-order valence-corrected chi connectivity index (χ1v) is 7.91. The van der Waals surface area contributed by atoms with E-state index in [0.29, 0.717) is 0 Å². The molecular weight excluding hydrogens is 264 g/mol. The van der Waals surface area contributed by atoms with E-state index in [1.165, 1.54) is 0 Å². The zero-order valence-corrected chi connectivity index (χ0v) is 11.7. The van der Waals surface area contributed by atoms with Crippen LogP contribution in [0.1, 0.15) is 24.0 Å². The number of rotatable bonds is 5. The van der Waals surface area contributed by atoms with Crippen molar-refractivity contribution in [2.75, 3.05) is 12.3 Å². The van der Waals surface area contributed by atoms with Crippen molar-refractivity contribution in [2.45, 2.75) is 25.2 Å². The van der Waals surface area contributed by atoms with Crippen molar-refractivity contribution >= 4 is 15.9 Å². The Kier molecular flexibility index (Phi) is 3.64. The topological polar surface area (TPSA) is 89.3 Å². The first-order valence-electron chi connectivity index (χ1n) is 6.19. The summed E-state index contributed by atoms with van der Waals surface area (Å²) in [6.07, 6.45) is 1.61. The van der Waals surface area contributed by atoms with Gasteiger partial charge in [-0.2, -0.15) is 0 Å². The van der Waals surface area contributed by atoms with Crippen LogP contribution in [0.2, 0.25) is 0 Å². The van der Waals surface area contributed by atoms with E-state index in [2.05, 4.69) is 5.32 Å². The van der Waals surface area contributed by atoms with Crippen LogP contribution in [0.15, 0.2) is 24.3 Å². The van der Waals surface area contributed by atoms with Crippen LogP contribution < -0.4 is 10.5 Å². The van der Waals surface area contributed by atoms with Crippen LogP contribution in [-0.2, 0) is 20.2 Å². The van der Waals surface area contributed by atoms with Gasteiger partial charge in [-0.3, -0.25) is 4.79 Å². The molecule has 2 rings (SSSR count). The number of nitrogens with two attached hydrogens (primary N) is 1. The van der Waals surface area contributed by atoms with Crippen LogP contribution in [0.3, 0.4) is 0 Å². The maximum Gasteiger partial charge on any atom is 0.230 e. The van der Waals surface area contributed by atoms with Crippen LogP contribution in [0, 0.1) is 6.92 Å². The highest BCUT2D eigenvalue weighted by atomic mass is 32.2. The van der Waals surface area contributed by atoms with Crippen molar-refractivity contribution in [1.29, 1.82) is 0 Å². The lowest BCUT2D eigenvalue weighted by Crippen LogP contribution is -2.38. The minimum Gasteiger partial charge on any atom is -0.354 e. The highest BCUT2D eigenvalue weighted by molar-refractivity contribution is 7.89. The summed E-state index contributed by atoms with van der Waals surface area (Å²) in [6, 6.07) is 7.87. The molecule has 6 heteroatoms. The van der Waals surface area contributed by atoms with Gasteiger partial charge in [0, 0.05) is 6.54 Å². The SMILES string of the molecule is Cc1cccc(C2(C(=O)NCCS(N)(=O)=O)CC2)c1. The zero-order chi connectivity index (χ0) is 14.1. The van der Waals surface area contributed by atoms with Crippen molar-refractivity contribution in [3.8, 4) is 0 Å². The molecular formula is C13H18N2O3S. The summed E-state index contributed by atoms with van der Waals surface area (Å²) in [4.78, 5) is 12.2. The van der Waals surface area contributed by atoms with Crippen LogP contribution in [-0.4, -0.2) is 26.6 Å². The second kappa shape index (κ2) is 4.94. The van der Waals surface area contributed by atoms with E-state index in [-0.39, 0.29) is 18.2 Å². The third-order valence-electron chi connectivity index (χ3n) is 3.43. The first-order chi connectivity index (χ1) is 8.83. The zero-order valence-electron chi connectivity index (χ0n) is 10.8. The largest absolute Gasteiger partial charge is 0.354 e. The second-order valence-electron chi connectivity index (χ2n) is 5.07. The molecule has 0 aliphatic heterocycles. The summed E-state index contributed by atoms with van der Waals surface area (Å²) in [5.74, 6) is -0.343. The van der Waals surface area contributed by atoms with Gasteiger partial charge in [0.2, 0.25) is 15.9 Å². The molecule has 0 saturated heterocycles. The number of carbonyl (C=O) groups is 1. The molecule has 1 aromatic rings. The molecule has 0 aromatic heterocycles. The lowest BCUT2D eigenvalue weighted by atomic mass is 9.93. The van der Waals surface area contributed by atoms with Crippen molar-refractivity contribution < 1.29 is 13.2 Å². The number of nitrogens with one attached hydrogen (secondary N) is 1. The van der Waals surface area contributed by atoms with Gasteiger partial charge < -0.3 is 5.32 Å². The summed E-state index contributed by atoms with van der Waals surface area (Å²) in [5.41, 5.74) is 1.64. The van der Waals surface area contributed by atoms with E-state index in [1.807, 2.05) is 31.2 Å². The molecule has 1 aliphatic rings. The third kappa shape index (κ3) is 3.33. The number of hydrogen-bond donors (Lipinski definition) is 2. The Bertz CT molecular complexity index is 592. The summed E-state index contributed by atoms with van der Waals surface area (Å²) < 4.78 is 21.6. The molecule has 0 heterocycles. The molecule has 1 aliphatic carbocycles. The number of benzene rings is 1. The minimum absolute atomic E-state index is 0.0607. The molecule has 0 atom stereocenters. The molecule has 3 N–H and O–H groups in total. The Morgan fingerprint density at radius 2 is 2.11 bits per heavy atom. The van der Waals surface area contributed by atoms with Gasteiger partial charge in [-0.25, -0.2) is 13.6 Å². The van der Waals surface area contributed by atoms with E-state index in [0.717, 1.165) is 24.0 Å². The quantitative estimate of drug-likeness (QED) is 0.820. The highest BCUT2D eigenvalue weighted by Crippen LogP contribution is 2.48. The molecule has 0 spiro atoms. The molecule has 5 nitrogen and oxygen atoms in total. The summed E-state index contributed by atoms with van der Waals surface area (Å²) >= 11 is 0. The van der Waals surface area contributed by atoms with Crippen molar-refractivity contribution in [1.82, 2.24) is 5.32 Å². The van der Waals surface area contributed by atoms with Crippen LogP contribution in [0.25, 0.3) is 0 Å².